The lowest BCUT2D eigenvalue weighted by Gasteiger charge is -2.37. The fourth-order valence-corrected chi connectivity index (χ4v) is 5.39. The maximum Gasteiger partial charge on any atom is 0.254 e. The Morgan fingerprint density at radius 2 is 1.89 bits per heavy atom. The maximum atomic E-state index is 13.6. The van der Waals surface area contributed by atoms with E-state index in [1.165, 1.54) is 4.88 Å². The Labute approximate surface area is 216 Å². The molecule has 1 aromatic heterocycles. The molecule has 2 heterocycles. The molecule has 5 nitrogen and oxygen atoms in total. The molecule has 0 N–H and O–H groups in total. The molecule has 7 heteroatoms. The number of ether oxygens (including phenoxy) is 1. The number of benzene rings is 2. The highest BCUT2D eigenvalue weighted by molar-refractivity contribution is 7.10. The largest absolute Gasteiger partial charge is 0.491 e. The van der Waals surface area contributed by atoms with Crippen molar-refractivity contribution in [3.8, 4) is 5.75 Å². The van der Waals surface area contributed by atoms with Crippen molar-refractivity contribution in [3.63, 3.8) is 0 Å². The Morgan fingerprint density at radius 3 is 2.57 bits per heavy atom. The van der Waals surface area contributed by atoms with Crippen LogP contribution in [-0.2, 0) is 11.2 Å². The van der Waals surface area contributed by atoms with Gasteiger partial charge in [-0.3, -0.25) is 9.59 Å². The van der Waals surface area contributed by atoms with Crippen molar-refractivity contribution in [1.29, 1.82) is 0 Å². The molecule has 184 valence electrons. The summed E-state index contributed by atoms with van der Waals surface area (Å²) in [5.41, 5.74) is 3.75. The molecule has 2 amide bonds. The van der Waals surface area contributed by atoms with Gasteiger partial charge in [-0.1, -0.05) is 29.3 Å². The summed E-state index contributed by atoms with van der Waals surface area (Å²) >= 11 is 7.87. The first-order chi connectivity index (χ1) is 16.7. The average molecular weight is 511 g/mol. The summed E-state index contributed by atoms with van der Waals surface area (Å²) in [5, 5.41) is 2.76. The number of nitrogens with zero attached hydrogens (tertiary/aromatic N) is 2. The molecule has 0 saturated heterocycles. The minimum Gasteiger partial charge on any atom is -0.491 e. The van der Waals surface area contributed by atoms with E-state index >= 15 is 0 Å². The predicted octanol–water partition coefficient (Wildman–Crippen LogP) is 6.07. The van der Waals surface area contributed by atoms with E-state index in [0.29, 0.717) is 23.7 Å². The smallest absolute Gasteiger partial charge is 0.254 e. The fraction of sp³-hybridized carbons (Fsp3) is 0.357. The van der Waals surface area contributed by atoms with Crippen LogP contribution in [0, 0.1) is 13.8 Å². The first kappa shape index (κ1) is 25.3. The van der Waals surface area contributed by atoms with Crippen molar-refractivity contribution in [2.45, 2.75) is 46.2 Å². The van der Waals surface area contributed by atoms with E-state index in [4.69, 9.17) is 16.3 Å². The van der Waals surface area contributed by atoms with Gasteiger partial charge in [0.05, 0.1) is 6.04 Å². The van der Waals surface area contributed by atoms with E-state index in [0.717, 1.165) is 28.9 Å². The highest BCUT2D eigenvalue weighted by Gasteiger charge is 2.34. The van der Waals surface area contributed by atoms with Crippen LogP contribution in [-0.4, -0.2) is 47.4 Å². The Balaban J connectivity index is 1.53. The van der Waals surface area contributed by atoms with E-state index in [9.17, 15) is 9.59 Å². The number of amides is 2. The molecular formula is C28H31ClN2O3S. The van der Waals surface area contributed by atoms with Crippen LogP contribution >= 0.6 is 22.9 Å². The van der Waals surface area contributed by atoms with Crippen LogP contribution in [0.15, 0.2) is 53.9 Å². The summed E-state index contributed by atoms with van der Waals surface area (Å²) < 4.78 is 6.14. The summed E-state index contributed by atoms with van der Waals surface area (Å²) in [5.74, 6) is 0.517. The predicted molar refractivity (Wildman–Crippen MR) is 142 cm³/mol. The second-order valence-corrected chi connectivity index (χ2v) is 10.7. The Hall–Kier alpha value is -2.83. The van der Waals surface area contributed by atoms with Crippen molar-refractivity contribution in [1.82, 2.24) is 9.80 Å². The van der Waals surface area contributed by atoms with Crippen LogP contribution in [0.3, 0.4) is 0 Å². The number of carbonyl (C=O) groups excluding carboxylic acids is 2. The topological polar surface area (TPSA) is 49.9 Å². The fourth-order valence-electron chi connectivity index (χ4n) is 4.34. The van der Waals surface area contributed by atoms with Gasteiger partial charge in [0.1, 0.15) is 18.9 Å². The van der Waals surface area contributed by atoms with Gasteiger partial charge in [0.2, 0.25) is 5.91 Å². The van der Waals surface area contributed by atoms with Gasteiger partial charge in [0, 0.05) is 28.0 Å². The maximum absolute atomic E-state index is 13.6. The molecule has 0 spiro atoms. The third-order valence-electron chi connectivity index (χ3n) is 6.44. The molecule has 1 atom stereocenters. The number of hydrogen-bond acceptors (Lipinski definition) is 4. The molecule has 1 unspecified atom stereocenters. The van der Waals surface area contributed by atoms with Crippen LogP contribution in [0.4, 0.5) is 0 Å². The van der Waals surface area contributed by atoms with Gasteiger partial charge >= 0.3 is 0 Å². The minimum atomic E-state index is -0.211. The average Bonchev–Trinajstić information content (AvgIpc) is 3.32. The quantitative estimate of drug-likeness (QED) is 0.387. The highest BCUT2D eigenvalue weighted by atomic mass is 35.5. The molecule has 0 bridgehead atoms. The Bertz CT molecular complexity index is 1210. The molecule has 2 aromatic carbocycles. The van der Waals surface area contributed by atoms with Crippen molar-refractivity contribution in [3.05, 3.63) is 86.1 Å². The Kier molecular flexibility index (Phi) is 7.82. The minimum absolute atomic E-state index is 0.0282. The van der Waals surface area contributed by atoms with Crippen LogP contribution in [0.2, 0.25) is 5.02 Å². The van der Waals surface area contributed by atoms with Crippen LogP contribution in [0.1, 0.15) is 51.8 Å². The van der Waals surface area contributed by atoms with Gasteiger partial charge in [0.25, 0.3) is 5.91 Å². The lowest BCUT2D eigenvalue weighted by Crippen LogP contribution is -2.49. The molecule has 35 heavy (non-hydrogen) atoms. The summed E-state index contributed by atoms with van der Waals surface area (Å²) in [4.78, 5) is 31.7. The van der Waals surface area contributed by atoms with Gasteiger partial charge in [0.15, 0.2) is 0 Å². The number of aryl methyl sites for hydroxylation is 2. The molecule has 1 aliphatic rings. The normalized spacial score (nSPS) is 15.1. The number of carbonyl (C=O) groups is 2. The van der Waals surface area contributed by atoms with E-state index in [2.05, 4.69) is 11.4 Å². The van der Waals surface area contributed by atoms with Crippen LogP contribution in [0.25, 0.3) is 0 Å². The van der Waals surface area contributed by atoms with E-state index in [-0.39, 0.29) is 30.4 Å². The van der Waals surface area contributed by atoms with Crippen molar-refractivity contribution >= 4 is 34.8 Å². The summed E-state index contributed by atoms with van der Waals surface area (Å²) in [7, 11) is 0. The van der Waals surface area contributed by atoms with Crippen molar-refractivity contribution < 1.29 is 14.3 Å². The number of fused-ring (bicyclic) bond motifs is 1. The number of thiophene rings is 1. The van der Waals surface area contributed by atoms with Crippen molar-refractivity contribution in [2.75, 3.05) is 19.7 Å². The van der Waals surface area contributed by atoms with E-state index < -0.39 is 0 Å². The summed E-state index contributed by atoms with van der Waals surface area (Å²) in [6, 6.07) is 14.8. The number of halogens is 1. The monoisotopic (exact) mass is 510 g/mol. The van der Waals surface area contributed by atoms with E-state index in [1.807, 2.05) is 75.1 Å². The molecule has 0 radical (unpaired) electrons. The van der Waals surface area contributed by atoms with Gasteiger partial charge in [-0.25, -0.2) is 0 Å². The van der Waals surface area contributed by atoms with Crippen LogP contribution in [0.5, 0.6) is 5.75 Å². The molecule has 3 aromatic rings. The lowest BCUT2D eigenvalue weighted by atomic mass is 10.00. The molecule has 1 aliphatic heterocycles. The van der Waals surface area contributed by atoms with Gasteiger partial charge in [-0.05, 0) is 87.0 Å². The number of rotatable bonds is 7. The van der Waals surface area contributed by atoms with Gasteiger partial charge in [-0.2, -0.15) is 0 Å². The number of hydrogen-bond donors (Lipinski definition) is 0. The van der Waals surface area contributed by atoms with Gasteiger partial charge in [-0.15, -0.1) is 11.3 Å². The second-order valence-electron chi connectivity index (χ2n) is 9.27. The molecule has 0 fully saturated rings. The van der Waals surface area contributed by atoms with Crippen LogP contribution < -0.4 is 4.74 Å². The summed E-state index contributed by atoms with van der Waals surface area (Å²) in [6.45, 7) is 8.77. The first-order valence-electron chi connectivity index (χ1n) is 11.9. The third-order valence-corrected chi connectivity index (χ3v) is 7.86. The van der Waals surface area contributed by atoms with Gasteiger partial charge < -0.3 is 14.5 Å². The second kappa shape index (κ2) is 10.8. The van der Waals surface area contributed by atoms with Crippen molar-refractivity contribution in [2.24, 2.45) is 0 Å². The zero-order valence-corrected chi connectivity index (χ0v) is 22.2. The molecule has 4 rings (SSSR count). The zero-order valence-electron chi connectivity index (χ0n) is 20.6. The standard InChI is InChI=1S/C28H31ClN2O3S/c1-18(2)31(28(33)21-7-5-19(3)6-8-21)16-27(32)30-13-11-26-23(12-14-35-26)25(30)17-34-22-9-10-24(29)20(4)15-22/h5-10,12,14-15,18,25H,11,13,16-17H2,1-4H3. The van der Waals surface area contributed by atoms with E-state index in [1.54, 1.807) is 16.2 Å². The third kappa shape index (κ3) is 5.71. The summed E-state index contributed by atoms with van der Waals surface area (Å²) in [6.07, 6.45) is 0.808. The zero-order chi connectivity index (χ0) is 25.1. The highest BCUT2D eigenvalue weighted by Crippen LogP contribution is 2.34. The molecule has 0 saturated carbocycles. The Morgan fingerprint density at radius 1 is 1.14 bits per heavy atom. The lowest BCUT2D eigenvalue weighted by molar-refractivity contribution is -0.136. The SMILES string of the molecule is Cc1ccc(C(=O)N(CC(=O)N2CCc3sccc3C2COc2ccc(Cl)c(C)c2)C(C)C)cc1. The first-order valence-corrected chi connectivity index (χ1v) is 13.1. The molecular weight excluding hydrogens is 480 g/mol. The molecule has 0 aliphatic carbocycles.